The van der Waals surface area contributed by atoms with E-state index in [4.69, 9.17) is 4.84 Å². The Morgan fingerprint density at radius 3 is 2.71 bits per heavy atom. The summed E-state index contributed by atoms with van der Waals surface area (Å²) in [5.74, 6) is -0.191. The summed E-state index contributed by atoms with van der Waals surface area (Å²) in [6.07, 6.45) is 3.21. The number of carbonyl (C=O) groups is 2. The zero-order chi connectivity index (χ0) is 17.3. The van der Waals surface area contributed by atoms with Crippen LogP contribution in [0, 0.1) is 0 Å². The average molecular weight is 391 g/mol. The van der Waals surface area contributed by atoms with Crippen LogP contribution in [-0.2, 0) is 15.1 Å². The zero-order valence-electron chi connectivity index (χ0n) is 13.1. The predicted molar refractivity (Wildman–Crippen MR) is 90.3 cm³/mol. The fraction of sp³-hybridized carbons (Fsp3) is 0.176. The molecule has 1 aliphatic heterocycles. The number of methoxy groups -OCH3 is 1. The van der Waals surface area contributed by atoms with Gasteiger partial charge in [0.25, 0.3) is 0 Å². The quantitative estimate of drug-likeness (QED) is 0.619. The van der Waals surface area contributed by atoms with Gasteiger partial charge in [0.05, 0.1) is 7.11 Å². The van der Waals surface area contributed by atoms with Crippen molar-refractivity contribution >= 4 is 27.7 Å². The summed E-state index contributed by atoms with van der Waals surface area (Å²) in [4.78, 5) is 32.9. The molecule has 1 atom stereocenters. The van der Waals surface area contributed by atoms with Gasteiger partial charge in [0.2, 0.25) is 0 Å². The van der Waals surface area contributed by atoms with E-state index >= 15 is 0 Å². The number of allylic oxidation sites excluding steroid dienone is 1. The Morgan fingerprint density at radius 2 is 2.08 bits per heavy atom. The van der Waals surface area contributed by atoms with E-state index in [0.29, 0.717) is 11.3 Å². The number of esters is 1. The molecular formula is C17H15BrN2O4. The third kappa shape index (κ3) is 2.76. The van der Waals surface area contributed by atoms with Gasteiger partial charge < -0.3 is 14.6 Å². The molecule has 1 aromatic heterocycles. The topological polar surface area (TPSA) is 80.4 Å². The first-order valence-electron chi connectivity index (χ1n) is 7.17. The maximum absolute atomic E-state index is 13.2. The van der Waals surface area contributed by atoms with E-state index in [9.17, 15) is 9.59 Å². The number of nitrogens with one attached hydrogen (secondary N) is 2. The summed E-state index contributed by atoms with van der Waals surface area (Å²) < 4.78 is 5.50. The Labute approximate surface area is 146 Å². The monoisotopic (exact) mass is 390 g/mol. The molecule has 3 rings (SSSR count). The molecule has 1 aromatic carbocycles. The molecule has 2 aromatic rings. The molecule has 1 aliphatic rings. The lowest BCUT2D eigenvalue weighted by Gasteiger charge is -2.25. The second-order valence-corrected chi connectivity index (χ2v) is 6.32. The van der Waals surface area contributed by atoms with E-state index in [1.165, 1.54) is 19.4 Å². The van der Waals surface area contributed by atoms with E-state index in [1.807, 2.05) is 24.3 Å². The van der Waals surface area contributed by atoms with Gasteiger partial charge in [-0.05, 0) is 36.8 Å². The lowest BCUT2D eigenvalue weighted by Crippen LogP contribution is -2.44. The largest absolute Gasteiger partial charge is 0.464 e. The molecule has 24 heavy (non-hydrogen) atoms. The van der Waals surface area contributed by atoms with E-state index in [0.717, 1.165) is 10.0 Å². The van der Waals surface area contributed by atoms with Crippen LogP contribution in [-0.4, -0.2) is 23.8 Å². The van der Waals surface area contributed by atoms with Crippen LogP contribution in [0.5, 0.6) is 0 Å². The number of Topliss-reactive ketones (excluding diaryl/α,β-unsaturated/α-hetero) is 1. The number of aromatic amines is 1. The van der Waals surface area contributed by atoms with E-state index in [1.54, 1.807) is 13.0 Å². The summed E-state index contributed by atoms with van der Waals surface area (Å²) in [6, 6.07) is 8.87. The number of hydroxylamine groups is 1. The number of ether oxygens (including phenoxy) is 1. The fourth-order valence-electron chi connectivity index (χ4n) is 2.62. The van der Waals surface area contributed by atoms with Gasteiger partial charge in [-0.3, -0.25) is 4.79 Å². The van der Waals surface area contributed by atoms with Gasteiger partial charge in [0.1, 0.15) is 11.5 Å². The Morgan fingerprint density at radius 1 is 1.29 bits per heavy atom. The van der Waals surface area contributed by atoms with Crippen LogP contribution >= 0.6 is 15.9 Å². The van der Waals surface area contributed by atoms with Crippen molar-refractivity contribution in [3.05, 3.63) is 69.7 Å². The van der Waals surface area contributed by atoms with Gasteiger partial charge in [-0.15, -0.1) is 5.48 Å². The molecule has 2 heterocycles. The number of halogens is 1. The summed E-state index contributed by atoms with van der Waals surface area (Å²) in [6.45, 7) is 1.76. The molecule has 6 nitrogen and oxygen atoms in total. The van der Waals surface area contributed by atoms with Gasteiger partial charge in [0.15, 0.2) is 11.3 Å². The van der Waals surface area contributed by atoms with E-state index in [2.05, 4.69) is 31.1 Å². The van der Waals surface area contributed by atoms with Crippen LogP contribution in [0.25, 0.3) is 0 Å². The van der Waals surface area contributed by atoms with Crippen molar-refractivity contribution in [1.29, 1.82) is 0 Å². The van der Waals surface area contributed by atoms with Crippen molar-refractivity contribution in [1.82, 2.24) is 10.5 Å². The number of hydrogen-bond acceptors (Lipinski definition) is 5. The van der Waals surface area contributed by atoms with Crippen molar-refractivity contribution in [2.45, 2.75) is 12.5 Å². The molecule has 0 saturated carbocycles. The number of H-pyrrole nitrogens is 1. The highest BCUT2D eigenvalue weighted by Crippen LogP contribution is 2.34. The number of ketones is 1. The highest BCUT2D eigenvalue weighted by molar-refractivity contribution is 9.10. The van der Waals surface area contributed by atoms with Crippen LogP contribution in [0.1, 0.15) is 33.3 Å². The molecule has 0 spiro atoms. The minimum absolute atomic E-state index is 0.213. The molecule has 0 bridgehead atoms. The van der Waals surface area contributed by atoms with Crippen LogP contribution in [0.4, 0.5) is 0 Å². The zero-order valence-corrected chi connectivity index (χ0v) is 14.6. The lowest BCUT2D eigenvalue weighted by molar-refractivity contribution is 0.0584. The normalized spacial score (nSPS) is 19.5. The average Bonchev–Trinajstić information content (AvgIpc) is 3.21. The first-order valence-corrected chi connectivity index (χ1v) is 7.96. The van der Waals surface area contributed by atoms with Crippen LogP contribution < -0.4 is 5.48 Å². The Balaban J connectivity index is 2.06. The Kier molecular flexibility index (Phi) is 4.29. The van der Waals surface area contributed by atoms with Crippen LogP contribution in [0.3, 0.4) is 0 Å². The molecule has 0 fully saturated rings. The molecule has 0 radical (unpaired) electrons. The minimum Gasteiger partial charge on any atom is -0.464 e. The summed E-state index contributed by atoms with van der Waals surface area (Å²) in [5, 5.41) is 0. The Hall–Kier alpha value is -2.38. The first kappa shape index (κ1) is 16.5. The Bertz CT molecular complexity index is 843. The van der Waals surface area contributed by atoms with Crippen molar-refractivity contribution in [3.8, 4) is 0 Å². The second-order valence-electron chi connectivity index (χ2n) is 5.40. The molecule has 1 unspecified atom stereocenters. The van der Waals surface area contributed by atoms with Gasteiger partial charge in [-0.25, -0.2) is 4.79 Å². The van der Waals surface area contributed by atoms with E-state index in [-0.39, 0.29) is 11.5 Å². The SMILES string of the molecule is COC(=O)c1cc(C(=O)C2(c3cccc(Br)c3)C=C(C)ON2)c[nH]1. The van der Waals surface area contributed by atoms with Gasteiger partial charge in [-0.2, -0.15) is 0 Å². The summed E-state index contributed by atoms with van der Waals surface area (Å²) in [5.41, 5.74) is 2.94. The molecule has 124 valence electrons. The fourth-order valence-corrected chi connectivity index (χ4v) is 3.02. The number of aromatic nitrogens is 1. The molecule has 0 aliphatic carbocycles. The highest BCUT2D eigenvalue weighted by Gasteiger charge is 2.44. The van der Waals surface area contributed by atoms with Crippen LogP contribution in [0.15, 0.2) is 52.8 Å². The third-order valence-corrected chi connectivity index (χ3v) is 4.27. The number of carbonyl (C=O) groups excluding carboxylic acids is 2. The molecule has 0 saturated heterocycles. The molecular weight excluding hydrogens is 376 g/mol. The summed E-state index contributed by atoms with van der Waals surface area (Å²) in [7, 11) is 1.28. The van der Waals surface area contributed by atoms with Crippen molar-refractivity contribution in [2.24, 2.45) is 0 Å². The van der Waals surface area contributed by atoms with Crippen LogP contribution in [0.2, 0.25) is 0 Å². The lowest BCUT2D eigenvalue weighted by atomic mass is 9.83. The molecule has 0 amide bonds. The second kappa shape index (κ2) is 6.26. The summed E-state index contributed by atoms with van der Waals surface area (Å²) >= 11 is 3.42. The number of rotatable bonds is 4. The third-order valence-electron chi connectivity index (χ3n) is 3.78. The van der Waals surface area contributed by atoms with Crippen molar-refractivity contribution in [2.75, 3.05) is 7.11 Å². The smallest absolute Gasteiger partial charge is 0.354 e. The van der Waals surface area contributed by atoms with Crippen molar-refractivity contribution < 1.29 is 19.2 Å². The predicted octanol–water partition coefficient (Wildman–Crippen LogP) is 3.08. The minimum atomic E-state index is -1.16. The first-order chi connectivity index (χ1) is 11.5. The standard InChI is InChI=1S/C17H15BrN2O4/c1-10-8-17(20-24-10,12-4-3-5-13(18)7-12)15(21)11-6-14(19-9-11)16(22)23-2/h3-9,19-20H,1-2H3. The van der Waals surface area contributed by atoms with Gasteiger partial charge >= 0.3 is 5.97 Å². The van der Waals surface area contributed by atoms with Gasteiger partial charge in [0, 0.05) is 16.2 Å². The van der Waals surface area contributed by atoms with Gasteiger partial charge in [-0.1, -0.05) is 28.1 Å². The maximum atomic E-state index is 13.2. The maximum Gasteiger partial charge on any atom is 0.354 e. The van der Waals surface area contributed by atoms with Crippen molar-refractivity contribution in [3.63, 3.8) is 0 Å². The number of benzene rings is 1. The van der Waals surface area contributed by atoms with E-state index < -0.39 is 11.5 Å². The highest BCUT2D eigenvalue weighted by atomic mass is 79.9. The molecule has 2 N–H and O–H groups in total. The number of hydrogen-bond donors (Lipinski definition) is 2. The molecule has 7 heteroatoms.